The lowest BCUT2D eigenvalue weighted by Gasteiger charge is -2.63. The third-order valence-electron chi connectivity index (χ3n) is 8.84. The molecule has 0 heterocycles. The minimum absolute atomic E-state index is 0.113. The van der Waals surface area contributed by atoms with E-state index in [0.717, 1.165) is 25.7 Å². The molecule has 4 aliphatic carbocycles. The van der Waals surface area contributed by atoms with Crippen LogP contribution >= 0.6 is 0 Å². The first-order valence-corrected chi connectivity index (χ1v) is 9.71. The monoisotopic (exact) mass is 332 g/mol. The summed E-state index contributed by atoms with van der Waals surface area (Å²) >= 11 is 0. The van der Waals surface area contributed by atoms with Crippen molar-refractivity contribution >= 4 is 5.78 Å². The molecule has 0 amide bonds. The van der Waals surface area contributed by atoms with Crippen molar-refractivity contribution in [3.05, 3.63) is 11.6 Å². The van der Waals surface area contributed by atoms with Crippen molar-refractivity contribution in [2.24, 2.45) is 34.0 Å². The maximum absolute atomic E-state index is 12.2. The van der Waals surface area contributed by atoms with Crippen LogP contribution in [-0.2, 0) is 4.79 Å². The molecule has 2 N–H and O–H groups in total. The quantitative estimate of drug-likeness (QED) is 0.714. The Morgan fingerprint density at radius 1 is 1.08 bits per heavy atom. The third-order valence-corrected chi connectivity index (χ3v) is 8.84. The van der Waals surface area contributed by atoms with Gasteiger partial charge in [0.25, 0.3) is 0 Å². The molecule has 3 fully saturated rings. The lowest BCUT2D eigenvalue weighted by atomic mass is 9.41. The van der Waals surface area contributed by atoms with Gasteiger partial charge in [0.1, 0.15) is 0 Å². The summed E-state index contributed by atoms with van der Waals surface area (Å²) in [5, 5.41) is 21.8. The van der Waals surface area contributed by atoms with Gasteiger partial charge in [-0.25, -0.2) is 0 Å². The van der Waals surface area contributed by atoms with Gasteiger partial charge in [0.05, 0.1) is 12.2 Å². The van der Waals surface area contributed by atoms with Crippen molar-refractivity contribution in [3.8, 4) is 0 Å². The van der Waals surface area contributed by atoms with E-state index in [1.165, 1.54) is 5.57 Å². The standard InChI is InChI=1S/C21H32O3/c1-19(2)10-13(22)9-12-5-6-14-15-7-8-17(24)20(15,3)11-16(23)18(14)21(12,19)4/h9,14-18,23-24H,5-8,10-11H2,1-4H3/t14-,15-,16?,17-,18+,20-,21-/m0/s1. The van der Waals surface area contributed by atoms with E-state index in [9.17, 15) is 15.0 Å². The molecule has 3 nitrogen and oxygen atoms in total. The Morgan fingerprint density at radius 3 is 2.50 bits per heavy atom. The van der Waals surface area contributed by atoms with Crippen LogP contribution in [0.15, 0.2) is 11.6 Å². The summed E-state index contributed by atoms with van der Waals surface area (Å²) in [4.78, 5) is 12.2. The van der Waals surface area contributed by atoms with Gasteiger partial charge in [-0.1, -0.05) is 33.3 Å². The number of ketones is 1. The van der Waals surface area contributed by atoms with Crippen molar-refractivity contribution in [2.45, 2.75) is 78.4 Å². The maximum atomic E-state index is 12.2. The second-order valence-corrected chi connectivity index (χ2v) is 10.1. The molecule has 0 spiro atoms. The molecular formula is C21H32O3. The highest BCUT2D eigenvalue weighted by atomic mass is 16.3. The van der Waals surface area contributed by atoms with Crippen LogP contribution in [0.2, 0.25) is 0 Å². The fraction of sp³-hybridized carbons (Fsp3) is 0.857. The third kappa shape index (κ3) is 1.89. The van der Waals surface area contributed by atoms with Crippen LogP contribution in [0, 0.1) is 34.0 Å². The number of rotatable bonds is 0. The number of hydrogen-bond donors (Lipinski definition) is 2. The molecule has 3 heteroatoms. The number of fused-ring (bicyclic) bond motifs is 5. The normalized spacial score (nSPS) is 53.0. The van der Waals surface area contributed by atoms with Crippen molar-refractivity contribution < 1.29 is 15.0 Å². The summed E-state index contributed by atoms with van der Waals surface area (Å²) < 4.78 is 0. The zero-order valence-electron chi connectivity index (χ0n) is 15.5. The lowest BCUT2D eigenvalue weighted by molar-refractivity contribution is -0.165. The molecule has 7 atom stereocenters. The molecule has 3 saturated carbocycles. The van der Waals surface area contributed by atoms with E-state index in [-0.39, 0.29) is 40.2 Å². The first-order chi connectivity index (χ1) is 11.1. The van der Waals surface area contributed by atoms with E-state index in [1.807, 2.05) is 6.08 Å². The van der Waals surface area contributed by atoms with Crippen LogP contribution in [0.3, 0.4) is 0 Å². The topological polar surface area (TPSA) is 57.5 Å². The van der Waals surface area contributed by atoms with Crippen LogP contribution < -0.4 is 0 Å². The predicted molar refractivity (Wildman–Crippen MR) is 93.3 cm³/mol. The molecule has 24 heavy (non-hydrogen) atoms. The van der Waals surface area contributed by atoms with Crippen molar-refractivity contribution in [1.29, 1.82) is 0 Å². The predicted octanol–water partition coefficient (Wildman–Crippen LogP) is 3.49. The Morgan fingerprint density at radius 2 is 1.79 bits per heavy atom. The van der Waals surface area contributed by atoms with E-state index in [2.05, 4.69) is 27.7 Å². The van der Waals surface area contributed by atoms with Gasteiger partial charge in [0.15, 0.2) is 5.78 Å². The van der Waals surface area contributed by atoms with Crippen molar-refractivity contribution in [1.82, 2.24) is 0 Å². The minimum atomic E-state index is -0.384. The summed E-state index contributed by atoms with van der Waals surface area (Å²) in [7, 11) is 0. The van der Waals surface area contributed by atoms with Gasteiger partial charge in [0.2, 0.25) is 0 Å². The van der Waals surface area contributed by atoms with Crippen molar-refractivity contribution in [2.75, 3.05) is 0 Å². The number of carbonyl (C=O) groups is 1. The molecule has 0 saturated heterocycles. The van der Waals surface area contributed by atoms with Gasteiger partial charge in [-0.2, -0.15) is 0 Å². The maximum Gasteiger partial charge on any atom is 0.156 e. The average Bonchev–Trinajstić information content (AvgIpc) is 2.75. The summed E-state index contributed by atoms with van der Waals surface area (Å²) in [5.74, 6) is 1.43. The second kappa shape index (κ2) is 4.94. The lowest BCUT2D eigenvalue weighted by Crippen LogP contribution is -2.61. The molecule has 134 valence electrons. The molecule has 4 aliphatic rings. The first-order valence-electron chi connectivity index (χ1n) is 9.71. The van der Waals surface area contributed by atoms with E-state index in [1.54, 1.807) is 0 Å². The fourth-order valence-electron chi connectivity index (χ4n) is 7.31. The molecule has 0 bridgehead atoms. The summed E-state index contributed by atoms with van der Waals surface area (Å²) in [6.45, 7) is 8.92. The largest absolute Gasteiger partial charge is 0.393 e. The highest BCUT2D eigenvalue weighted by molar-refractivity contribution is 5.92. The van der Waals surface area contributed by atoms with Gasteiger partial charge in [-0.05, 0) is 72.2 Å². The van der Waals surface area contributed by atoms with Crippen molar-refractivity contribution in [3.63, 3.8) is 0 Å². The van der Waals surface area contributed by atoms with E-state index >= 15 is 0 Å². The molecule has 0 aromatic heterocycles. The zero-order valence-corrected chi connectivity index (χ0v) is 15.5. The molecule has 1 unspecified atom stereocenters. The average molecular weight is 332 g/mol. The summed E-state index contributed by atoms with van der Waals surface area (Å²) in [6.07, 6.45) is 6.50. The summed E-state index contributed by atoms with van der Waals surface area (Å²) in [5.41, 5.74) is 0.903. The van der Waals surface area contributed by atoms with E-state index in [4.69, 9.17) is 0 Å². The first kappa shape index (κ1) is 16.8. The van der Waals surface area contributed by atoms with Gasteiger partial charge < -0.3 is 10.2 Å². The van der Waals surface area contributed by atoms with Crippen LogP contribution in [-0.4, -0.2) is 28.2 Å². The highest BCUT2D eigenvalue weighted by Gasteiger charge is 2.65. The Bertz CT molecular complexity index is 606. The number of hydrogen-bond acceptors (Lipinski definition) is 3. The van der Waals surface area contributed by atoms with Crippen LogP contribution in [0.5, 0.6) is 0 Å². The number of aliphatic hydroxyl groups excluding tert-OH is 2. The molecule has 0 aliphatic heterocycles. The molecule has 4 rings (SSSR count). The van der Waals surface area contributed by atoms with E-state index < -0.39 is 0 Å². The Hall–Kier alpha value is -0.670. The molecule has 0 aromatic rings. The Labute approximate surface area is 145 Å². The SMILES string of the molecule is CC1(C)CC(=O)C=C2CC[C@H]3[C@@H]4CC[C@H](O)[C@@]4(C)CC(O)[C@@H]3[C@]21C. The Kier molecular flexibility index (Phi) is 3.46. The fourth-order valence-corrected chi connectivity index (χ4v) is 7.31. The van der Waals surface area contributed by atoms with Crippen LogP contribution in [0.4, 0.5) is 0 Å². The van der Waals surface area contributed by atoms with Crippen LogP contribution in [0.25, 0.3) is 0 Å². The highest BCUT2D eigenvalue weighted by Crippen LogP contribution is 2.68. The van der Waals surface area contributed by atoms with Gasteiger partial charge >= 0.3 is 0 Å². The number of carbonyl (C=O) groups excluding carboxylic acids is 1. The zero-order chi connectivity index (χ0) is 17.5. The number of aliphatic hydroxyl groups is 2. The summed E-state index contributed by atoms with van der Waals surface area (Å²) in [6, 6.07) is 0. The smallest absolute Gasteiger partial charge is 0.156 e. The molecule has 0 radical (unpaired) electrons. The second-order valence-electron chi connectivity index (χ2n) is 10.1. The van der Waals surface area contributed by atoms with Gasteiger partial charge in [0, 0.05) is 6.42 Å². The molecular weight excluding hydrogens is 300 g/mol. The van der Waals surface area contributed by atoms with Gasteiger partial charge in [-0.3, -0.25) is 4.79 Å². The van der Waals surface area contributed by atoms with E-state index in [0.29, 0.717) is 24.7 Å². The minimum Gasteiger partial charge on any atom is -0.393 e. The number of allylic oxidation sites excluding steroid dienone is 1. The van der Waals surface area contributed by atoms with Gasteiger partial charge in [-0.15, -0.1) is 0 Å². The Balaban J connectivity index is 1.81. The molecule has 0 aromatic carbocycles. The van der Waals surface area contributed by atoms with Crippen LogP contribution in [0.1, 0.15) is 66.2 Å².